The monoisotopic (exact) mass is 418 g/mol. The fourth-order valence-corrected chi connectivity index (χ4v) is 3.14. The lowest BCUT2D eigenvalue weighted by atomic mass is 10.2. The molecule has 2 aromatic rings. The molecule has 29 heavy (non-hydrogen) atoms. The average molecular weight is 418 g/mol. The molecule has 2 amide bonds. The minimum absolute atomic E-state index is 0.105. The SMILES string of the molecule is O=C(CCSCCC(=O)Nc1cccc([N+](=O)[O-])c1)Nc1cccc([N+](=O)[O-])c1. The fraction of sp³-hybridized carbons (Fsp3) is 0.222. The zero-order valence-corrected chi connectivity index (χ0v) is 16.0. The number of nitro benzene ring substituents is 2. The van der Waals surface area contributed by atoms with E-state index in [1.54, 1.807) is 12.1 Å². The van der Waals surface area contributed by atoms with Crippen LogP contribution in [-0.4, -0.2) is 33.2 Å². The van der Waals surface area contributed by atoms with Gasteiger partial charge in [-0.3, -0.25) is 29.8 Å². The van der Waals surface area contributed by atoms with Crippen LogP contribution in [0.5, 0.6) is 0 Å². The summed E-state index contributed by atoms with van der Waals surface area (Å²) in [4.78, 5) is 44.2. The molecule has 2 N–H and O–H groups in total. The predicted octanol–water partition coefficient (Wildman–Crippen LogP) is 3.59. The van der Waals surface area contributed by atoms with Crippen molar-refractivity contribution in [2.45, 2.75) is 12.8 Å². The molecule has 10 nitrogen and oxygen atoms in total. The number of nitrogens with zero attached hydrogens (tertiary/aromatic N) is 2. The van der Waals surface area contributed by atoms with Gasteiger partial charge < -0.3 is 10.6 Å². The van der Waals surface area contributed by atoms with E-state index in [-0.39, 0.29) is 36.0 Å². The van der Waals surface area contributed by atoms with Gasteiger partial charge in [0.15, 0.2) is 0 Å². The molecular weight excluding hydrogens is 400 g/mol. The number of carbonyl (C=O) groups excluding carboxylic acids is 2. The Bertz CT molecular complexity index is 847. The molecule has 0 aliphatic rings. The van der Waals surface area contributed by atoms with Gasteiger partial charge >= 0.3 is 0 Å². The quantitative estimate of drug-likeness (QED) is 0.341. The van der Waals surface area contributed by atoms with Crippen molar-refractivity contribution in [3.05, 3.63) is 68.8 Å². The molecule has 0 radical (unpaired) electrons. The number of thioether (sulfide) groups is 1. The summed E-state index contributed by atoms with van der Waals surface area (Å²) in [6.45, 7) is 0. The van der Waals surface area contributed by atoms with Gasteiger partial charge in [-0.2, -0.15) is 11.8 Å². The number of carbonyl (C=O) groups is 2. The van der Waals surface area contributed by atoms with Crippen LogP contribution in [0.2, 0.25) is 0 Å². The van der Waals surface area contributed by atoms with Crippen molar-refractivity contribution in [3.63, 3.8) is 0 Å². The lowest BCUT2D eigenvalue weighted by molar-refractivity contribution is -0.385. The summed E-state index contributed by atoms with van der Waals surface area (Å²) in [6, 6.07) is 11.3. The number of rotatable bonds is 10. The van der Waals surface area contributed by atoms with Gasteiger partial charge in [0.25, 0.3) is 11.4 Å². The number of hydrogen-bond acceptors (Lipinski definition) is 7. The lowest BCUT2D eigenvalue weighted by Crippen LogP contribution is -2.14. The van der Waals surface area contributed by atoms with Gasteiger partial charge in [0.05, 0.1) is 9.85 Å². The Hall–Kier alpha value is -3.47. The third-order valence-electron chi connectivity index (χ3n) is 3.63. The molecular formula is C18H18N4O6S. The topological polar surface area (TPSA) is 144 Å². The Morgan fingerprint density at radius 1 is 0.793 bits per heavy atom. The van der Waals surface area contributed by atoms with E-state index in [1.165, 1.54) is 48.2 Å². The highest BCUT2D eigenvalue weighted by Gasteiger charge is 2.10. The third kappa shape index (κ3) is 7.58. The third-order valence-corrected chi connectivity index (χ3v) is 4.61. The molecule has 2 aromatic carbocycles. The van der Waals surface area contributed by atoms with Crippen molar-refractivity contribution in [1.29, 1.82) is 0 Å². The van der Waals surface area contributed by atoms with Crippen LogP contribution in [0.4, 0.5) is 22.7 Å². The second kappa shape index (κ2) is 10.8. The molecule has 0 saturated heterocycles. The van der Waals surface area contributed by atoms with E-state index in [0.29, 0.717) is 22.9 Å². The van der Waals surface area contributed by atoms with Gasteiger partial charge in [-0.05, 0) is 12.1 Å². The molecule has 0 unspecified atom stereocenters. The summed E-state index contributed by atoms with van der Waals surface area (Å²) in [6.07, 6.45) is 0.389. The van der Waals surface area contributed by atoms with Crippen molar-refractivity contribution in [3.8, 4) is 0 Å². The van der Waals surface area contributed by atoms with Crippen LogP contribution in [0, 0.1) is 20.2 Å². The first-order chi connectivity index (χ1) is 13.8. The van der Waals surface area contributed by atoms with Crippen molar-refractivity contribution in [1.82, 2.24) is 0 Å². The van der Waals surface area contributed by atoms with Crippen molar-refractivity contribution < 1.29 is 19.4 Å². The molecule has 0 aliphatic carbocycles. The molecule has 0 spiro atoms. The molecule has 0 heterocycles. The predicted molar refractivity (Wildman–Crippen MR) is 110 cm³/mol. The Balaban J connectivity index is 1.66. The van der Waals surface area contributed by atoms with Gasteiger partial charge in [-0.15, -0.1) is 0 Å². The lowest BCUT2D eigenvalue weighted by Gasteiger charge is -2.06. The molecule has 0 bridgehead atoms. The Morgan fingerprint density at radius 3 is 1.59 bits per heavy atom. The number of anilines is 2. The van der Waals surface area contributed by atoms with E-state index in [9.17, 15) is 29.8 Å². The Morgan fingerprint density at radius 2 is 1.21 bits per heavy atom. The smallest absolute Gasteiger partial charge is 0.271 e. The van der Waals surface area contributed by atoms with Crippen molar-refractivity contribution in [2.75, 3.05) is 22.1 Å². The maximum atomic E-state index is 11.9. The summed E-state index contributed by atoms with van der Waals surface area (Å²) >= 11 is 1.41. The molecule has 0 fully saturated rings. The van der Waals surface area contributed by atoms with Crippen LogP contribution in [0.25, 0.3) is 0 Å². The van der Waals surface area contributed by atoms with Gasteiger partial charge in [0.2, 0.25) is 11.8 Å². The largest absolute Gasteiger partial charge is 0.326 e. The summed E-state index contributed by atoms with van der Waals surface area (Å²) in [5.41, 5.74) is 0.495. The van der Waals surface area contributed by atoms with E-state index in [1.807, 2.05) is 0 Å². The highest BCUT2D eigenvalue weighted by Crippen LogP contribution is 2.18. The number of benzene rings is 2. The maximum absolute atomic E-state index is 11.9. The number of nitro groups is 2. The molecule has 152 valence electrons. The van der Waals surface area contributed by atoms with Crippen LogP contribution >= 0.6 is 11.8 Å². The van der Waals surface area contributed by atoms with Crippen LogP contribution in [0.3, 0.4) is 0 Å². The van der Waals surface area contributed by atoms with Gasteiger partial charge in [-0.1, -0.05) is 12.1 Å². The molecule has 0 aliphatic heterocycles. The average Bonchev–Trinajstić information content (AvgIpc) is 2.68. The highest BCUT2D eigenvalue weighted by molar-refractivity contribution is 7.99. The van der Waals surface area contributed by atoms with Crippen LogP contribution in [0.1, 0.15) is 12.8 Å². The summed E-state index contributed by atoms with van der Waals surface area (Å²) in [7, 11) is 0. The minimum Gasteiger partial charge on any atom is -0.326 e. The normalized spacial score (nSPS) is 10.2. The molecule has 0 aromatic heterocycles. The second-order valence-electron chi connectivity index (χ2n) is 5.82. The summed E-state index contributed by atoms with van der Waals surface area (Å²) in [5, 5.41) is 26.6. The van der Waals surface area contributed by atoms with E-state index in [2.05, 4.69) is 10.6 Å². The van der Waals surface area contributed by atoms with Crippen molar-refractivity contribution >= 4 is 46.3 Å². The standard InChI is InChI=1S/C18H18N4O6S/c23-17(19-13-3-1-5-15(11-13)21(25)26)7-9-29-10-8-18(24)20-14-4-2-6-16(12-14)22(27)28/h1-6,11-12H,7-10H2,(H,19,23)(H,20,24). The zero-order chi connectivity index (χ0) is 21.2. The van der Waals surface area contributed by atoms with E-state index < -0.39 is 9.85 Å². The first kappa shape index (κ1) is 21.8. The molecule has 2 rings (SSSR count). The van der Waals surface area contributed by atoms with Crippen molar-refractivity contribution in [2.24, 2.45) is 0 Å². The second-order valence-corrected chi connectivity index (χ2v) is 7.05. The fourth-order valence-electron chi connectivity index (χ4n) is 2.27. The maximum Gasteiger partial charge on any atom is 0.271 e. The Kier molecular flexibility index (Phi) is 8.10. The number of amides is 2. The number of hydrogen-bond donors (Lipinski definition) is 2. The molecule has 0 atom stereocenters. The van der Waals surface area contributed by atoms with E-state index in [4.69, 9.17) is 0 Å². The number of nitrogens with one attached hydrogen (secondary N) is 2. The van der Waals surface area contributed by atoms with E-state index >= 15 is 0 Å². The van der Waals surface area contributed by atoms with Gasteiger partial charge in [-0.25, -0.2) is 0 Å². The summed E-state index contributed by atoms with van der Waals surface area (Å²) in [5.74, 6) is 0.397. The van der Waals surface area contributed by atoms with Gasteiger partial charge in [0.1, 0.15) is 0 Å². The summed E-state index contributed by atoms with van der Waals surface area (Å²) < 4.78 is 0. The molecule has 11 heteroatoms. The first-order valence-electron chi connectivity index (χ1n) is 8.51. The molecule has 0 saturated carbocycles. The Labute approximate surface area is 170 Å². The van der Waals surface area contributed by atoms with Crippen LogP contribution in [-0.2, 0) is 9.59 Å². The highest BCUT2D eigenvalue weighted by atomic mass is 32.2. The van der Waals surface area contributed by atoms with Crippen LogP contribution < -0.4 is 10.6 Å². The number of non-ortho nitro benzene ring substituents is 2. The minimum atomic E-state index is -0.537. The van der Waals surface area contributed by atoms with Gasteiger partial charge in [0, 0.05) is 60.0 Å². The van der Waals surface area contributed by atoms with E-state index in [0.717, 1.165) is 0 Å². The first-order valence-corrected chi connectivity index (χ1v) is 9.67. The van der Waals surface area contributed by atoms with Crippen LogP contribution in [0.15, 0.2) is 48.5 Å². The zero-order valence-electron chi connectivity index (χ0n) is 15.2.